The molecule has 538 valence electrons. The lowest BCUT2D eigenvalue weighted by atomic mass is 9.46. The molecule has 0 heterocycles. The van der Waals surface area contributed by atoms with Crippen LogP contribution in [-0.4, -0.2) is 0 Å². The van der Waals surface area contributed by atoms with Crippen molar-refractivity contribution >= 4 is 0 Å². The van der Waals surface area contributed by atoms with Gasteiger partial charge in [-0.15, -0.1) is 0 Å². The Morgan fingerprint density at radius 3 is 1.09 bits per heavy atom. The summed E-state index contributed by atoms with van der Waals surface area (Å²) in [6.07, 6.45) is 58.9. The minimum atomic E-state index is 0.519. The average Bonchev–Trinajstić information content (AvgIpc) is 1.35. The maximum absolute atomic E-state index is 2.78. The van der Waals surface area contributed by atoms with E-state index in [9.17, 15) is 0 Å². The Labute approximate surface area is 588 Å². The van der Waals surface area contributed by atoms with Crippen LogP contribution in [-0.2, 0) is 0 Å². The summed E-state index contributed by atoms with van der Waals surface area (Å²) in [5, 5.41) is 0. The van der Waals surface area contributed by atoms with Crippen molar-refractivity contribution < 1.29 is 0 Å². The Kier molecular flexibility index (Phi) is 24.5. The molecule has 0 aromatic carbocycles. The van der Waals surface area contributed by atoms with Crippen LogP contribution in [0.3, 0.4) is 0 Å². The van der Waals surface area contributed by atoms with E-state index in [1.54, 1.807) is 0 Å². The topological polar surface area (TPSA) is 0 Å². The first-order chi connectivity index (χ1) is 44.4. The van der Waals surface area contributed by atoms with Crippen LogP contribution < -0.4 is 0 Å². The van der Waals surface area contributed by atoms with Crippen LogP contribution in [0.5, 0.6) is 0 Å². The molecule has 94 heavy (non-hydrogen) atoms. The molecule has 0 aliphatic heterocycles. The third kappa shape index (κ3) is 14.5. The van der Waals surface area contributed by atoms with Crippen LogP contribution in [0.1, 0.15) is 358 Å². The van der Waals surface area contributed by atoms with Crippen LogP contribution in [0.25, 0.3) is 0 Å². The number of allylic oxidation sites excluding steroid dienone is 8. The van der Waals surface area contributed by atoms with E-state index >= 15 is 0 Å². The Morgan fingerprint density at radius 1 is 0.372 bits per heavy atom. The summed E-state index contributed by atoms with van der Waals surface area (Å²) < 4.78 is 0. The number of hydrogen-bond donors (Lipinski definition) is 0. The molecule has 0 spiro atoms. The molecular weight excluding hydrogens is 1130 g/mol. The summed E-state index contributed by atoms with van der Waals surface area (Å²) in [5.74, 6) is 23.8. The second-order valence-corrected chi connectivity index (χ2v) is 41.5. The molecule has 0 aromatic rings. The van der Waals surface area contributed by atoms with Gasteiger partial charge in [0.1, 0.15) is 0 Å². The largest absolute Gasteiger partial charge is 0.0851 e. The van der Waals surface area contributed by atoms with E-state index in [0.29, 0.717) is 32.5 Å². The zero-order valence-corrected chi connectivity index (χ0v) is 67.3. The molecule has 0 heteroatoms. The van der Waals surface area contributed by atoms with Crippen molar-refractivity contribution in [1.82, 2.24) is 0 Å². The van der Waals surface area contributed by atoms with Crippen LogP contribution in [0.4, 0.5) is 0 Å². The molecule has 12 aliphatic carbocycles. The van der Waals surface area contributed by atoms with Gasteiger partial charge in [-0.1, -0.05) is 238 Å². The maximum atomic E-state index is 2.78. The first kappa shape index (κ1) is 75.6. The lowest BCUT2D eigenvalue weighted by molar-refractivity contribution is -0.0541. The normalized spacial score (nSPS) is 43.8. The van der Waals surface area contributed by atoms with Crippen molar-refractivity contribution in [2.45, 2.75) is 358 Å². The molecule has 0 bridgehead atoms. The fourth-order valence-electron chi connectivity index (χ4n) is 28.6. The number of fused-ring (bicyclic) bond motifs is 15. The Bertz CT molecular complexity index is 2560. The Balaban J connectivity index is 0.000000154. The van der Waals surface area contributed by atoms with E-state index in [-0.39, 0.29) is 0 Å². The van der Waals surface area contributed by atoms with Crippen molar-refractivity contribution in [3.8, 4) is 0 Å². The van der Waals surface area contributed by atoms with Crippen molar-refractivity contribution in [3.63, 3.8) is 0 Å². The molecule has 0 saturated heterocycles. The highest BCUT2D eigenvalue weighted by Crippen LogP contribution is 2.72. The van der Waals surface area contributed by atoms with Gasteiger partial charge in [-0.25, -0.2) is 0 Å². The molecule has 9 saturated carbocycles. The second kappa shape index (κ2) is 30.5. The zero-order chi connectivity index (χ0) is 68.2. The van der Waals surface area contributed by atoms with E-state index in [1.807, 2.05) is 16.7 Å². The minimum absolute atomic E-state index is 0.519. The predicted molar refractivity (Wildman–Crippen MR) is 412 cm³/mol. The Morgan fingerprint density at radius 2 is 0.745 bits per heavy atom. The van der Waals surface area contributed by atoms with Crippen molar-refractivity contribution in [1.29, 1.82) is 0 Å². The van der Waals surface area contributed by atoms with Gasteiger partial charge in [0.15, 0.2) is 0 Å². The van der Waals surface area contributed by atoms with Gasteiger partial charge in [0, 0.05) is 0 Å². The highest BCUT2D eigenvalue weighted by molar-refractivity contribution is 5.29. The van der Waals surface area contributed by atoms with E-state index in [2.05, 4.69) is 190 Å². The van der Waals surface area contributed by atoms with Gasteiger partial charge >= 0.3 is 0 Å². The molecule has 26 atom stereocenters. The fraction of sp³-hybridized carbons (Fsp3) is 0.915. The van der Waals surface area contributed by atoms with E-state index < -0.39 is 0 Å². The van der Waals surface area contributed by atoms with Gasteiger partial charge in [0.25, 0.3) is 0 Å². The SMILES string of the molecule is CC(C)CCC[C@@H](C)C1CCC2[C@@H]3CC=C4C[C@@H](C(C)C)CC[C@]4(C)C3CC[C@@]21C.CC[C@H](/C=C/[C@@H](C)C1CCC2[C@@H]3CC=C4C[C@@H](C(C)C)CC[C@]4(C)C3CC[C@@]21C)C(C)C.CC[C@H](CC[C@@H](C)C1CCC2[C@@H]3CC=C4C[C@@H](C(C)C)CC[C@]4(C)C3CC[C@@]21C)C(C)C. The minimum Gasteiger partial charge on any atom is -0.0851 e. The van der Waals surface area contributed by atoms with Gasteiger partial charge in [-0.05, 0) is 353 Å². The molecule has 0 radical (unpaired) electrons. The van der Waals surface area contributed by atoms with Crippen molar-refractivity contribution in [3.05, 3.63) is 47.1 Å². The standard InChI is InChI=1S/C32H56.C32H54.C30H52/c2*1-9-24(21(2)3)11-10-23(6)28-14-15-29-27-13-12-26-20-25(22(4)5)16-18-31(26,7)30(27)17-19-32(28,29)8;1-20(2)9-8-10-22(5)26-13-14-27-25-12-11-24-19-23(21(3)4)15-17-29(24,6)28(25)16-18-30(26,27)7/h12,21-25,27-30H,9-11,13-20H2,1-8H3;10-12,21-25,27-30H,9,13-20H2,1-8H3;11,20-23,25-28H,8-10,12-19H2,1-7H3/b;11-10+;/t2*23-,24-,25+,27+,28?,29?,30?,31+,32-;22-,23+,25+,26?,27?,28?,29+,30-/m111/s1. The molecule has 0 N–H and O–H groups in total. The van der Waals surface area contributed by atoms with Gasteiger partial charge in [0.05, 0.1) is 0 Å². The first-order valence-electron chi connectivity index (χ1n) is 43.2. The van der Waals surface area contributed by atoms with Crippen LogP contribution in [0, 0.1) is 186 Å². The highest BCUT2D eigenvalue weighted by Gasteiger charge is 2.63. The molecular formula is C94H162. The molecule has 0 amide bonds. The van der Waals surface area contributed by atoms with Gasteiger partial charge < -0.3 is 0 Å². The summed E-state index contributed by atoms with van der Waals surface area (Å²) in [4.78, 5) is 0. The predicted octanol–water partition coefficient (Wildman–Crippen LogP) is 28.9. The molecule has 12 aliphatic rings. The van der Waals surface area contributed by atoms with E-state index in [4.69, 9.17) is 0 Å². The first-order valence-corrected chi connectivity index (χ1v) is 43.2. The average molecular weight is 1290 g/mol. The van der Waals surface area contributed by atoms with Crippen molar-refractivity contribution in [2.75, 3.05) is 0 Å². The molecule has 0 aromatic heterocycles. The third-order valence-electron chi connectivity index (χ3n) is 35.4. The number of rotatable bonds is 19. The van der Waals surface area contributed by atoms with Gasteiger partial charge in [-0.2, -0.15) is 0 Å². The van der Waals surface area contributed by atoms with E-state index in [1.165, 1.54) is 199 Å². The smallest absolute Gasteiger partial charge is 0.00851 e. The van der Waals surface area contributed by atoms with Crippen molar-refractivity contribution in [2.24, 2.45) is 186 Å². The fourth-order valence-corrected chi connectivity index (χ4v) is 28.6. The van der Waals surface area contributed by atoms with Crippen LogP contribution in [0.2, 0.25) is 0 Å². The van der Waals surface area contributed by atoms with Crippen LogP contribution >= 0.6 is 0 Å². The molecule has 9 fully saturated rings. The van der Waals surface area contributed by atoms with Gasteiger partial charge in [0.2, 0.25) is 0 Å². The highest BCUT2D eigenvalue weighted by atomic mass is 14.7. The van der Waals surface area contributed by atoms with E-state index in [0.717, 1.165) is 154 Å². The van der Waals surface area contributed by atoms with Crippen LogP contribution in [0.15, 0.2) is 47.1 Å². The summed E-state index contributed by atoms with van der Waals surface area (Å²) in [6.45, 7) is 57.9. The summed E-state index contributed by atoms with van der Waals surface area (Å²) in [5.41, 5.74) is 9.06. The quantitative estimate of drug-likeness (QED) is 0.113. The summed E-state index contributed by atoms with van der Waals surface area (Å²) >= 11 is 0. The second-order valence-electron chi connectivity index (χ2n) is 41.5. The molecule has 0 nitrogen and oxygen atoms in total. The lowest BCUT2D eigenvalue weighted by Crippen LogP contribution is -2.50. The zero-order valence-electron chi connectivity index (χ0n) is 67.3. The Hall–Kier alpha value is -1.04. The summed E-state index contributed by atoms with van der Waals surface area (Å²) in [6, 6.07) is 0. The maximum Gasteiger partial charge on any atom is -0.00851 e. The monoisotopic (exact) mass is 1290 g/mol. The summed E-state index contributed by atoms with van der Waals surface area (Å²) in [7, 11) is 0. The molecule has 12 rings (SSSR count). The number of hydrogen-bond acceptors (Lipinski definition) is 0. The molecule has 9 unspecified atom stereocenters. The third-order valence-corrected chi connectivity index (χ3v) is 35.4. The van der Waals surface area contributed by atoms with Gasteiger partial charge in [-0.3, -0.25) is 0 Å². The lowest BCUT2D eigenvalue weighted by Gasteiger charge is -2.59.